The van der Waals surface area contributed by atoms with Gasteiger partial charge >= 0.3 is 0 Å². The van der Waals surface area contributed by atoms with Crippen LogP contribution >= 0.6 is 11.3 Å². The molecular formula is C11H19N3OS. The summed E-state index contributed by atoms with van der Waals surface area (Å²) in [7, 11) is 0. The second-order valence-corrected chi connectivity index (χ2v) is 5.10. The SMILES string of the molecule is CCC1COCCN1c1nc(C)c(CN)s1. The third-order valence-corrected chi connectivity index (χ3v) is 4.23. The highest BCUT2D eigenvalue weighted by atomic mass is 32.1. The zero-order valence-electron chi connectivity index (χ0n) is 9.90. The highest BCUT2D eigenvalue weighted by molar-refractivity contribution is 7.15. The molecular weight excluding hydrogens is 222 g/mol. The Hall–Kier alpha value is -0.650. The van der Waals surface area contributed by atoms with E-state index in [9.17, 15) is 0 Å². The molecule has 1 unspecified atom stereocenters. The molecule has 2 heterocycles. The van der Waals surface area contributed by atoms with Gasteiger partial charge in [-0.1, -0.05) is 6.92 Å². The molecule has 1 atom stereocenters. The maximum absolute atomic E-state index is 5.69. The van der Waals surface area contributed by atoms with Gasteiger partial charge in [-0.2, -0.15) is 0 Å². The first-order chi connectivity index (χ1) is 7.76. The maximum atomic E-state index is 5.69. The van der Waals surface area contributed by atoms with E-state index in [0.29, 0.717) is 12.6 Å². The van der Waals surface area contributed by atoms with E-state index in [0.717, 1.165) is 37.0 Å². The second kappa shape index (κ2) is 5.12. The lowest BCUT2D eigenvalue weighted by atomic mass is 10.2. The monoisotopic (exact) mass is 241 g/mol. The molecule has 16 heavy (non-hydrogen) atoms. The molecule has 4 nitrogen and oxygen atoms in total. The summed E-state index contributed by atoms with van der Waals surface area (Å²) in [6.07, 6.45) is 1.09. The molecule has 0 radical (unpaired) electrons. The lowest BCUT2D eigenvalue weighted by molar-refractivity contribution is 0.0929. The summed E-state index contributed by atoms with van der Waals surface area (Å²) in [6.45, 7) is 7.36. The summed E-state index contributed by atoms with van der Waals surface area (Å²) >= 11 is 1.72. The van der Waals surface area contributed by atoms with Crippen molar-refractivity contribution in [1.82, 2.24) is 4.98 Å². The van der Waals surface area contributed by atoms with Gasteiger partial charge in [0.25, 0.3) is 0 Å². The quantitative estimate of drug-likeness (QED) is 0.872. The van der Waals surface area contributed by atoms with Crippen LogP contribution < -0.4 is 10.6 Å². The van der Waals surface area contributed by atoms with Crippen LogP contribution in [0.4, 0.5) is 5.13 Å². The number of nitrogens with two attached hydrogens (primary N) is 1. The third kappa shape index (κ3) is 2.21. The van der Waals surface area contributed by atoms with Crippen LogP contribution in [0.15, 0.2) is 0 Å². The van der Waals surface area contributed by atoms with Crippen LogP contribution in [0, 0.1) is 6.92 Å². The van der Waals surface area contributed by atoms with Crippen molar-refractivity contribution in [1.29, 1.82) is 0 Å². The van der Waals surface area contributed by atoms with Gasteiger partial charge in [0.05, 0.1) is 24.9 Å². The average Bonchev–Trinajstić information content (AvgIpc) is 2.70. The van der Waals surface area contributed by atoms with Gasteiger partial charge in [-0.3, -0.25) is 0 Å². The lowest BCUT2D eigenvalue weighted by Crippen LogP contribution is -2.45. The number of hydrogen-bond acceptors (Lipinski definition) is 5. The Labute approximate surface area is 100 Å². The average molecular weight is 241 g/mol. The van der Waals surface area contributed by atoms with Crippen LogP contribution in [0.1, 0.15) is 23.9 Å². The zero-order chi connectivity index (χ0) is 11.5. The van der Waals surface area contributed by atoms with E-state index in [1.807, 2.05) is 6.92 Å². The Balaban J connectivity index is 2.20. The smallest absolute Gasteiger partial charge is 0.186 e. The molecule has 1 aromatic heterocycles. The van der Waals surface area contributed by atoms with E-state index >= 15 is 0 Å². The Morgan fingerprint density at radius 2 is 2.44 bits per heavy atom. The molecule has 0 saturated carbocycles. The van der Waals surface area contributed by atoms with Gasteiger partial charge < -0.3 is 15.4 Å². The van der Waals surface area contributed by atoms with Crippen molar-refractivity contribution < 1.29 is 4.74 Å². The molecule has 0 aromatic carbocycles. The molecule has 2 rings (SSSR count). The van der Waals surface area contributed by atoms with Crippen molar-refractivity contribution in [3.63, 3.8) is 0 Å². The molecule has 2 N–H and O–H groups in total. The van der Waals surface area contributed by atoms with Crippen LogP contribution in [0.5, 0.6) is 0 Å². The third-order valence-electron chi connectivity index (χ3n) is 3.01. The van der Waals surface area contributed by atoms with Gasteiger partial charge in [-0.15, -0.1) is 11.3 Å². The Bertz CT molecular complexity index is 353. The number of rotatable bonds is 3. The highest BCUT2D eigenvalue weighted by Crippen LogP contribution is 2.28. The number of ether oxygens (including phenoxy) is 1. The van der Waals surface area contributed by atoms with Crippen molar-refractivity contribution in [2.45, 2.75) is 32.9 Å². The molecule has 90 valence electrons. The number of hydrogen-bond donors (Lipinski definition) is 1. The van der Waals surface area contributed by atoms with Crippen molar-refractivity contribution in [3.05, 3.63) is 10.6 Å². The number of thiazole rings is 1. The molecule has 0 spiro atoms. The van der Waals surface area contributed by atoms with E-state index in [2.05, 4.69) is 16.8 Å². The Morgan fingerprint density at radius 3 is 3.06 bits per heavy atom. The van der Waals surface area contributed by atoms with Gasteiger partial charge in [0, 0.05) is 18.0 Å². The van der Waals surface area contributed by atoms with E-state index in [-0.39, 0.29) is 0 Å². The van der Waals surface area contributed by atoms with Crippen molar-refractivity contribution in [3.8, 4) is 0 Å². The summed E-state index contributed by atoms with van der Waals surface area (Å²) < 4.78 is 5.50. The number of aromatic nitrogens is 1. The molecule has 0 aliphatic carbocycles. The fourth-order valence-electron chi connectivity index (χ4n) is 1.97. The number of morpholine rings is 1. The Kier molecular flexibility index (Phi) is 3.78. The molecule has 1 aliphatic rings. The summed E-state index contributed by atoms with van der Waals surface area (Å²) in [4.78, 5) is 8.16. The summed E-state index contributed by atoms with van der Waals surface area (Å²) in [5, 5.41) is 1.10. The summed E-state index contributed by atoms with van der Waals surface area (Å²) in [6, 6.07) is 0.463. The normalized spacial score (nSPS) is 21.4. The molecule has 1 saturated heterocycles. The molecule has 1 aromatic rings. The minimum atomic E-state index is 0.463. The number of nitrogens with zero attached hydrogens (tertiary/aromatic N) is 2. The van der Waals surface area contributed by atoms with Gasteiger partial charge in [-0.25, -0.2) is 4.98 Å². The van der Waals surface area contributed by atoms with Crippen LogP contribution in [0.3, 0.4) is 0 Å². The van der Waals surface area contributed by atoms with Gasteiger partial charge in [0.2, 0.25) is 0 Å². The molecule has 5 heteroatoms. The van der Waals surface area contributed by atoms with Gasteiger partial charge in [0.15, 0.2) is 5.13 Å². The van der Waals surface area contributed by atoms with Gasteiger partial charge in [0.1, 0.15) is 0 Å². The first kappa shape index (κ1) is 11.8. The van der Waals surface area contributed by atoms with Crippen LogP contribution in [0.2, 0.25) is 0 Å². The van der Waals surface area contributed by atoms with Crippen molar-refractivity contribution in [2.24, 2.45) is 5.73 Å². The van der Waals surface area contributed by atoms with Crippen LogP contribution in [0.25, 0.3) is 0 Å². The van der Waals surface area contributed by atoms with Crippen molar-refractivity contribution >= 4 is 16.5 Å². The van der Waals surface area contributed by atoms with Crippen LogP contribution in [-0.4, -0.2) is 30.8 Å². The zero-order valence-corrected chi connectivity index (χ0v) is 10.7. The minimum absolute atomic E-state index is 0.463. The largest absolute Gasteiger partial charge is 0.377 e. The predicted molar refractivity (Wildman–Crippen MR) is 67.0 cm³/mol. The first-order valence-electron chi connectivity index (χ1n) is 5.77. The molecule has 1 aliphatic heterocycles. The maximum Gasteiger partial charge on any atom is 0.186 e. The molecule has 0 bridgehead atoms. The highest BCUT2D eigenvalue weighted by Gasteiger charge is 2.24. The van der Waals surface area contributed by atoms with E-state index < -0.39 is 0 Å². The Morgan fingerprint density at radius 1 is 1.62 bits per heavy atom. The van der Waals surface area contributed by atoms with E-state index in [1.54, 1.807) is 11.3 Å². The first-order valence-corrected chi connectivity index (χ1v) is 6.58. The van der Waals surface area contributed by atoms with Crippen molar-refractivity contribution in [2.75, 3.05) is 24.7 Å². The fraction of sp³-hybridized carbons (Fsp3) is 0.727. The number of aryl methyl sites for hydroxylation is 1. The minimum Gasteiger partial charge on any atom is -0.377 e. The van der Waals surface area contributed by atoms with Crippen LogP contribution in [-0.2, 0) is 11.3 Å². The van der Waals surface area contributed by atoms with Gasteiger partial charge in [-0.05, 0) is 13.3 Å². The summed E-state index contributed by atoms with van der Waals surface area (Å²) in [5.74, 6) is 0. The van der Waals surface area contributed by atoms with E-state index in [1.165, 1.54) is 4.88 Å². The fourth-order valence-corrected chi connectivity index (χ4v) is 3.01. The number of anilines is 1. The standard InChI is InChI=1S/C11H19N3OS/c1-3-9-7-15-5-4-14(9)11-13-8(2)10(6-12)16-11/h9H,3-7,12H2,1-2H3. The van der Waals surface area contributed by atoms with E-state index in [4.69, 9.17) is 10.5 Å². The molecule has 1 fully saturated rings. The summed E-state index contributed by atoms with van der Waals surface area (Å²) in [5.41, 5.74) is 6.76. The lowest BCUT2D eigenvalue weighted by Gasteiger charge is -2.34. The second-order valence-electron chi connectivity index (χ2n) is 4.04. The predicted octanol–water partition coefficient (Wildman–Crippen LogP) is 1.53. The molecule has 0 amide bonds. The topological polar surface area (TPSA) is 51.4 Å².